The molecule has 0 aromatic heterocycles. The van der Waals surface area contributed by atoms with E-state index in [-0.39, 0.29) is 0 Å². The van der Waals surface area contributed by atoms with E-state index in [1.165, 1.54) is 42.6 Å². The largest absolute Gasteiger partial charge is 0.309 e. The van der Waals surface area contributed by atoms with E-state index >= 15 is 0 Å². The summed E-state index contributed by atoms with van der Waals surface area (Å²) in [6.07, 6.45) is 2.71. The first-order valence-electron chi connectivity index (χ1n) is 8.06. The van der Waals surface area contributed by atoms with E-state index in [2.05, 4.69) is 49.2 Å². The SMILES string of the molecule is CC(C)(C)C1CCN(Cc2ccc3c(c2)CNC3)CC1. The summed E-state index contributed by atoms with van der Waals surface area (Å²) in [5.74, 6) is 0.892. The summed E-state index contributed by atoms with van der Waals surface area (Å²) in [4.78, 5) is 2.63. The van der Waals surface area contributed by atoms with Gasteiger partial charge in [0.25, 0.3) is 0 Å². The van der Waals surface area contributed by atoms with Crippen LogP contribution in [-0.2, 0) is 19.6 Å². The topological polar surface area (TPSA) is 15.3 Å². The standard InChI is InChI=1S/C18H28N2/c1-18(2,3)17-6-8-20(9-7-17)13-14-4-5-15-11-19-12-16(15)10-14/h4-5,10,17,19H,6-9,11-13H2,1-3H3. The van der Waals surface area contributed by atoms with Crippen LogP contribution in [0, 0.1) is 11.3 Å². The van der Waals surface area contributed by atoms with Crippen LogP contribution in [0.5, 0.6) is 0 Å². The molecule has 20 heavy (non-hydrogen) atoms. The Hall–Kier alpha value is -0.860. The van der Waals surface area contributed by atoms with Crippen LogP contribution in [0.1, 0.15) is 50.3 Å². The average molecular weight is 272 g/mol. The molecule has 0 amide bonds. The van der Waals surface area contributed by atoms with Crippen molar-refractivity contribution in [3.8, 4) is 0 Å². The summed E-state index contributed by atoms with van der Waals surface area (Å²) >= 11 is 0. The van der Waals surface area contributed by atoms with Gasteiger partial charge in [0.1, 0.15) is 0 Å². The Kier molecular flexibility index (Phi) is 3.87. The molecule has 0 spiro atoms. The summed E-state index contributed by atoms with van der Waals surface area (Å²) in [5.41, 5.74) is 4.96. The maximum atomic E-state index is 3.43. The first-order chi connectivity index (χ1) is 9.52. The molecule has 2 heteroatoms. The molecule has 1 N–H and O–H groups in total. The maximum Gasteiger partial charge on any atom is 0.0233 e. The number of likely N-dealkylation sites (tertiary alicyclic amines) is 1. The van der Waals surface area contributed by atoms with Crippen LogP contribution in [0.3, 0.4) is 0 Å². The Labute approximate surface area is 123 Å². The molecule has 0 atom stereocenters. The van der Waals surface area contributed by atoms with Crippen molar-refractivity contribution in [1.29, 1.82) is 0 Å². The third-order valence-electron chi connectivity index (χ3n) is 5.12. The second-order valence-corrected chi connectivity index (χ2v) is 7.62. The number of benzene rings is 1. The Morgan fingerprint density at radius 3 is 2.50 bits per heavy atom. The number of hydrogen-bond donors (Lipinski definition) is 1. The van der Waals surface area contributed by atoms with Gasteiger partial charge in [0.05, 0.1) is 0 Å². The van der Waals surface area contributed by atoms with E-state index in [1.54, 1.807) is 0 Å². The van der Waals surface area contributed by atoms with Gasteiger partial charge in [0.15, 0.2) is 0 Å². The Morgan fingerprint density at radius 1 is 1.10 bits per heavy atom. The van der Waals surface area contributed by atoms with Crippen molar-refractivity contribution in [3.05, 3.63) is 34.9 Å². The lowest BCUT2D eigenvalue weighted by Gasteiger charge is -2.38. The lowest BCUT2D eigenvalue weighted by atomic mass is 9.75. The predicted octanol–water partition coefficient (Wildman–Crippen LogP) is 3.55. The van der Waals surface area contributed by atoms with Crippen molar-refractivity contribution in [1.82, 2.24) is 10.2 Å². The predicted molar refractivity (Wildman–Crippen MR) is 84.4 cm³/mol. The molecule has 0 radical (unpaired) electrons. The van der Waals surface area contributed by atoms with E-state index in [4.69, 9.17) is 0 Å². The van der Waals surface area contributed by atoms with Gasteiger partial charge in [-0.25, -0.2) is 0 Å². The molecule has 2 aliphatic heterocycles. The number of rotatable bonds is 2. The van der Waals surface area contributed by atoms with Crippen LogP contribution in [0.15, 0.2) is 18.2 Å². The number of hydrogen-bond acceptors (Lipinski definition) is 2. The lowest BCUT2D eigenvalue weighted by molar-refractivity contribution is 0.108. The zero-order chi connectivity index (χ0) is 14.2. The van der Waals surface area contributed by atoms with Crippen LogP contribution in [0.25, 0.3) is 0 Å². The highest BCUT2D eigenvalue weighted by Crippen LogP contribution is 2.34. The first-order valence-corrected chi connectivity index (χ1v) is 8.06. The molecule has 1 aromatic carbocycles. The van der Waals surface area contributed by atoms with Crippen molar-refractivity contribution in [3.63, 3.8) is 0 Å². The normalized spacial score (nSPS) is 21.1. The van der Waals surface area contributed by atoms with Gasteiger partial charge in [0, 0.05) is 19.6 Å². The number of nitrogens with one attached hydrogen (secondary N) is 1. The molecular formula is C18H28N2. The van der Waals surface area contributed by atoms with Crippen molar-refractivity contribution in [2.75, 3.05) is 13.1 Å². The minimum atomic E-state index is 0.478. The molecule has 1 saturated heterocycles. The van der Waals surface area contributed by atoms with Gasteiger partial charge in [-0.1, -0.05) is 39.0 Å². The van der Waals surface area contributed by atoms with Gasteiger partial charge in [-0.2, -0.15) is 0 Å². The summed E-state index contributed by atoms with van der Waals surface area (Å²) in [7, 11) is 0. The quantitative estimate of drug-likeness (QED) is 0.886. The summed E-state index contributed by atoms with van der Waals surface area (Å²) in [6, 6.07) is 7.04. The molecule has 2 heterocycles. The molecule has 110 valence electrons. The summed E-state index contributed by atoms with van der Waals surface area (Å²) in [6.45, 7) is 12.9. The average Bonchev–Trinajstić information content (AvgIpc) is 2.86. The maximum absolute atomic E-state index is 3.43. The minimum Gasteiger partial charge on any atom is -0.309 e. The highest BCUT2D eigenvalue weighted by molar-refractivity contribution is 5.34. The number of nitrogens with zero attached hydrogens (tertiary/aromatic N) is 1. The summed E-state index contributed by atoms with van der Waals surface area (Å²) < 4.78 is 0. The van der Waals surface area contributed by atoms with Crippen LogP contribution in [0.2, 0.25) is 0 Å². The monoisotopic (exact) mass is 272 g/mol. The molecule has 0 saturated carbocycles. The fourth-order valence-corrected chi connectivity index (χ4v) is 3.66. The van der Waals surface area contributed by atoms with Crippen LogP contribution >= 0.6 is 0 Å². The molecule has 0 bridgehead atoms. The zero-order valence-corrected chi connectivity index (χ0v) is 13.2. The third-order valence-corrected chi connectivity index (χ3v) is 5.12. The molecule has 0 aliphatic carbocycles. The van der Waals surface area contributed by atoms with Gasteiger partial charge < -0.3 is 5.32 Å². The highest BCUT2D eigenvalue weighted by Gasteiger charge is 2.28. The second-order valence-electron chi connectivity index (χ2n) is 7.62. The van der Waals surface area contributed by atoms with Gasteiger partial charge in [-0.15, -0.1) is 0 Å². The molecule has 2 aliphatic rings. The van der Waals surface area contributed by atoms with Crippen molar-refractivity contribution >= 4 is 0 Å². The van der Waals surface area contributed by atoms with E-state index in [0.717, 1.165) is 25.6 Å². The molecule has 2 nitrogen and oxygen atoms in total. The van der Waals surface area contributed by atoms with Crippen LogP contribution in [-0.4, -0.2) is 18.0 Å². The molecule has 1 aromatic rings. The molecule has 3 rings (SSSR count). The minimum absolute atomic E-state index is 0.478. The lowest BCUT2D eigenvalue weighted by Crippen LogP contribution is -2.37. The molecular weight excluding hydrogens is 244 g/mol. The Morgan fingerprint density at radius 2 is 1.80 bits per heavy atom. The Bertz CT molecular complexity index is 465. The van der Waals surface area contributed by atoms with Gasteiger partial charge in [0.2, 0.25) is 0 Å². The molecule has 0 unspecified atom stereocenters. The zero-order valence-electron chi connectivity index (χ0n) is 13.2. The van der Waals surface area contributed by atoms with Crippen molar-refractivity contribution in [2.24, 2.45) is 11.3 Å². The smallest absolute Gasteiger partial charge is 0.0233 e. The second kappa shape index (κ2) is 5.50. The van der Waals surface area contributed by atoms with Gasteiger partial charge >= 0.3 is 0 Å². The third kappa shape index (κ3) is 3.07. The van der Waals surface area contributed by atoms with Crippen LogP contribution < -0.4 is 5.32 Å². The van der Waals surface area contributed by atoms with Crippen molar-refractivity contribution < 1.29 is 0 Å². The van der Waals surface area contributed by atoms with E-state index in [0.29, 0.717) is 5.41 Å². The number of piperidine rings is 1. The summed E-state index contributed by atoms with van der Waals surface area (Å²) in [5, 5.41) is 3.43. The van der Waals surface area contributed by atoms with Crippen LogP contribution in [0.4, 0.5) is 0 Å². The molecule has 1 fully saturated rings. The van der Waals surface area contributed by atoms with E-state index in [9.17, 15) is 0 Å². The fourth-order valence-electron chi connectivity index (χ4n) is 3.66. The van der Waals surface area contributed by atoms with Crippen molar-refractivity contribution in [2.45, 2.75) is 53.2 Å². The Balaban J connectivity index is 1.57. The van der Waals surface area contributed by atoms with E-state index < -0.39 is 0 Å². The highest BCUT2D eigenvalue weighted by atomic mass is 15.1. The van der Waals surface area contributed by atoms with E-state index in [1.807, 2.05) is 0 Å². The fraction of sp³-hybridized carbons (Fsp3) is 0.667. The first kappa shape index (κ1) is 14.1. The number of fused-ring (bicyclic) bond motifs is 1. The van der Waals surface area contributed by atoms with Gasteiger partial charge in [-0.3, -0.25) is 4.90 Å². The van der Waals surface area contributed by atoms with Gasteiger partial charge in [-0.05, 0) is 54.0 Å².